The van der Waals surface area contributed by atoms with Crippen LogP contribution in [0, 0.1) is 0 Å². The predicted octanol–water partition coefficient (Wildman–Crippen LogP) is 16.0. The highest BCUT2D eigenvalue weighted by atomic mass is 16.6. The maximum absolute atomic E-state index is 12.8. The van der Waals surface area contributed by atoms with Gasteiger partial charge in [-0.3, -0.25) is 9.59 Å². The summed E-state index contributed by atoms with van der Waals surface area (Å²) in [6.07, 6.45) is 51.6. The lowest BCUT2D eigenvalue weighted by atomic mass is 10.0. The predicted molar refractivity (Wildman–Crippen MR) is 266 cm³/mol. The Labute approximate surface area is 391 Å². The SMILES string of the molecule is CCCCCCCCCCCCCCCCCCCCCCC(=O)OC(COCCC(C(=O)O)[N+](C)(C)C)COC(=O)CCCCCCCCCCCCCCCCCCCCC. The molecule has 63 heavy (non-hydrogen) atoms. The third-order valence-electron chi connectivity index (χ3n) is 13.0. The summed E-state index contributed by atoms with van der Waals surface area (Å²) < 4.78 is 17.4. The Morgan fingerprint density at radius 3 is 0.984 bits per heavy atom. The van der Waals surface area contributed by atoms with E-state index in [-0.39, 0.29) is 36.2 Å². The van der Waals surface area contributed by atoms with Gasteiger partial charge in [0, 0.05) is 19.3 Å². The lowest BCUT2D eigenvalue weighted by Crippen LogP contribution is -2.50. The summed E-state index contributed by atoms with van der Waals surface area (Å²) in [5.74, 6) is -1.43. The second-order valence-corrected chi connectivity index (χ2v) is 20.2. The smallest absolute Gasteiger partial charge is 0.362 e. The fourth-order valence-electron chi connectivity index (χ4n) is 8.74. The van der Waals surface area contributed by atoms with Crippen molar-refractivity contribution in [1.82, 2.24) is 0 Å². The molecule has 0 heterocycles. The molecule has 8 heteroatoms. The fraction of sp³-hybridized carbons (Fsp3) is 0.945. The molecular weight excluding hydrogens is 787 g/mol. The number of carboxylic acid groups (broad SMARTS) is 1. The highest BCUT2D eigenvalue weighted by Crippen LogP contribution is 2.18. The number of carbonyl (C=O) groups is 3. The van der Waals surface area contributed by atoms with Crippen molar-refractivity contribution in [3.05, 3.63) is 0 Å². The number of hydrogen-bond donors (Lipinski definition) is 1. The third-order valence-corrected chi connectivity index (χ3v) is 13.0. The van der Waals surface area contributed by atoms with E-state index in [1.165, 1.54) is 212 Å². The average Bonchev–Trinajstić information content (AvgIpc) is 3.24. The molecule has 2 atom stereocenters. The van der Waals surface area contributed by atoms with E-state index in [0.29, 0.717) is 19.3 Å². The number of carbonyl (C=O) groups excluding carboxylic acids is 2. The van der Waals surface area contributed by atoms with Crippen LogP contribution in [0.4, 0.5) is 0 Å². The van der Waals surface area contributed by atoms with Crippen LogP contribution in [0.15, 0.2) is 0 Å². The largest absolute Gasteiger partial charge is 0.477 e. The van der Waals surface area contributed by atoms with Crippen LogP contribution < -0.4 is 0 Å². The Bertz CT molecular complexity index is 998. The second kappa shape index (κ2) is 46.8. The molecule has 8 nitrogen and oxygen atoms in total. The molecule has 2 unspecified atom stereocenters. The Hall–Kier alpha value is -1.67. The first kappa shape index (κ1) is 61.3. The number of ether oxygens (including phenoxy) is 3. The van der Waals surface area contributed by atoms with E-state index in [0.717, 1.165) is 38.5 Å². The van der Waals surface area contributed by atoms with Gasteiger partial charge in [-0.2, -0.15) is 0 Å². The number of quaternary nitrogens is 1. The van der Waals surface area contributed by atoms with Gasteiger partial charge in [-0.15, -0.1) is 0 Å². The van der Waals surface area contributed by atoms with E-state index in [1.807, 2.05) is 21.1 Å². The van der Waals surface area contributed by atoms with Gasteiger partial charge in [0.15, 0.2) is 12.1 Å². The molecule has 0 bridgehead atoms. The molecule has 0 rings (SSSR count). The van der Waals surface area contributed by atoms with Crippen molar-refractivity contribution < 1.29 is 38.2 Å². The highest BCUT2D eigenvalue weighted by molar-refractivity contribution is 5.72. The number of aliphatic carboxylic acids is 1. The van der Waals surface area contributed by atoms with Crippen LogP contribution in [-0.4, -0.2) is 80.6 Å². The summed E-state index contributed by atoms with van der Waals surface area (Å²) in [6.45, 7) is 4.81. The minimum atomic E-state index is -0.868. The third kappa shape index (κ3) is 45.3. The van der Waals surface area contributed by atoms with Crippen LogP contribution in [-0.2, 0) is 28.6 Å². The van der Waals surface area contributed by atoms with Crippen molar-refractivity contribution in [2.75, 3.05) is 41.0 Å². The topological polar surface area (TPSA) is 99.1 Å². The van der Waals surface area contributed by atoms with E-state index >= 15 is 0 Å². The molecule has 0 saturated carbocycles. The molecule has 0 radical (unpaired) electrons. The van der Waals surface area contributed by atoms with Gasteiger partial charge in [0.05, 0.1) is 34.4 Å². The van der Waals surface area contributed by atoms with E-state index in [2.05, 4.69) is 13.8 Å². The van der Waals surface area contributed by atoms with Gasteiger partial charge in [0.25, 0.3) is 0 Å². The van der Waals surface area contributed by atoms with Gasteiger partial charge < -0.3 is 23.8 Å². The molecule has 0 aliphatic carbocycles. The number of unbranched alkanes of at least 4 members (excludes halogenated alkanes) is 37. The van der Waals surface area contributed by atoms with Crippen LogP contribution in [0.25, 0.3) is 0 Å². The zero-order valence-electron chi connectivity index (χ0n) is 42.8. The van der Waals surface area contributed by atoms with E-state index in [9.17, 15) is 19.5 Å². The van der Waals surface area contributed by atoms with Crippen molar-refractivity contribution >= 4 is 17.9 Å². The van der Waals surface area contributed by atoms with Crippen molar-refractivity contribution in [3.63, 3.8) is 0 Å². The highest BCUT2D eigenvalue weighted by Gasteiger charge is 2.31. The molecular formula is C55H108NO7+. The zero-order valence-corrected chi connectivity index (χ0v) is 42.8. The number of carboxylic acids is 1. The first-order valence-electron chi connectivity index (χ1n) is 27.6. The maximum Gasteiger partial charge on any atom is 0.362 e. The summed E-state index contributed by atoms with van der Waals surface area (Å²) in [7, 11) is 5.56. The Morgan fingerprint density at radius 1 is 0.413 bits per heavy atom. The first-order chi connectivity index (χ1) is 30.6. The van der Waals surface area contributed by atoms with Crippen molar-refractivity contribution in [2.24, 2.45) is 0 Å². The van der Waals surface area contributed by atoms with E-state index in [4.69, 9.17) is 14.2 Å². The number of esters is 2. The number of likely N-dealkylation sites (N-methyl/N-ethyl adjacent to an activating group) is 1. The number of hydrogen-bond acceptors (Lipinski definition) is 6. The van der Waals surface area contributed by atoms with Gasteiger partial charge in [-0.1, -0.05) is 251 Å². The van der Waals surface area contributed by atoms with Crippen LogP contribution in [0.1, 0.15) is 284 Å². The molecule has 0 aromatic carbocycles. The molecule has 374 valence electrons. The molecule has 0 aliphatic heterocycles. The molecule has 0 aliphatic rings. The molecule has 0 aromatic rings. The molecule has 0 amide bonds. The standard InChI is InChI=1S/C55H107NO7/c1-6-8-10-12-14-16-18-20-22-24-26-28-30-32-34-36-38-40-42-44-46-54(58)63-51(49-61-48-47-52(55(59)60)56(3,4)5)50-62-53(57)45-43-41-39-37-35-33-31-29-27-25-23-21-19-17-15-13-11-9-7-2/h51-52H,6-50H2,1-5H3/p+1. The van der Waals surface area contributed by atoms with Crippen LogP contribution in [0.3, 0.4) is 0 Å². The fourth-order valence-corrected chi connectivity index (χ4v) is 8.74. The Balaban J connectivity index is 4.14. The van der Waals surface area contributed by atoms with Gasteiger partial charge in [0.1, 0.15) is 6.61 Å². The summed E-state index contributed by atoms with van der Waals surface area (Å²) in [5, 5.41) is 9.66. The van der Waals surface area contributed by atoms with Crippen molar-refractivity contribution in [3.8, 4) is 0 Å². The summed E-state index contributed by atoms with van der Waals surface area (Å²) in [4.78, 5) is 37.2. The number of rotatable bonds is 51. The maximum atomic E-state index is 12.8. The second-order valence-electron chi connectivity index (χ2n) is 20.2. The summed E-state index contributed by atoms with van der Waals surface area (Å²) in [5.41, 5.74) is 0. The van der Waals surface area contributed by atoms with Gasteiger partial charge in [-0.05, 0) is 12.8 Å². The molecule has 0 spiro atoms. The zero-order chi connectivity index (χ0) is 46.3. The molecule has 0 fully saturated rings. The van der Waals surface area contributed by atoms with Gasteiger partial charge >= 0.3 is 17.9 Å². The quantitative estimate of drug-likeness (QED) is 0.0369. The normalized spacial score (nSPS) is 12.7. The monoisotopic (exact) mass is 895 g/mol. The minimum absolute atomic E-state index is 0.0410. The van der Waals surface area contributed by atoms with E-state index < -0.39 is 18.1 Å². The summed E-state index contributed by atoms with van der Waals surface area (Å²) in [6, 6.07) is -0.609. The minimum Gasteiger partial charge on any atom is -0.477 e. The van der Waals surface area contributed by atoms with Crippen molar-refractivity contribution in [1.29, 1.82) is 0 Å². The van der Waals surface area contributed by atoms with Crippen LogP contribution in [0.5, 0.6) is 0 Å². The lowest BCUT2D eigenvalue weighted by Gasteiger charge is -2.31. The first-order valence-corrected chi connectivity index (χ1v) is 27.6. The van der Waals surface area contributed by atoms with Gasteiger partial charge in [0.2, 0.25) is 0 Å². The van der Waals surface area contributed by atoms with Crippen LogP contribution in [0.2, 0.25) is 0 Å². The summed E-state index contributed by atoms with van der Waals surface area (Å²) >= 11 is 0. The molecule has 0 saturated heterocycles. The lowest BCUT2D eigenvalue weighted by molar-refractivity contribution is -0.887. The molecule has 1 N–H and O–H groups in total. The molecule has 0 aromatic heterocycles. The average molecular weight is 895 g/mol. The number of nitrogens with zero attached hydrogens (tertiary/aromatic N) is 1. The van der Waals surface area contributed by atoms with Crippen LogP contribution >= 0.6 is 0 Å². The Kier molecular flexibility index (Phi) is 45.6. The van der Waals surface area contributed by atoms with E-state index in [1.54, 1.807) is 0 Å². The Morgan fingerprint density at radius 2 is 0.698 bits per heavy atom. The van der Waals surface area contributed by atoms with Crippen molar-refractivity contribution in [2.45, 2.75) is 296 Å². The van der Waals surface area contributed by atoms with Gasteiger partial charge in [-0.25, -0.2) is 4.79 Å².